The molecule has 3 rings (SSSR count). The van der Waals surface area contributed by atoms with Gasteiger partial charge in [-0.1, -0.05) is 18.2 Å². The zero-order chi connectivity index (χ0) is 13.6. The topological polar surface area (TPSA) is 43.8 Å². The molecule has 0 amide bonds. The van der Waals surface area contributed by atoms with Crippen LogP contribution < -0.4 is 5.73 Å². The number of nitrogens with zero attached hydrogens (tertiary/aromatic N) is 2. The van der Waals surface area contributed by atoms with Crippen molar-refractivity contribution in [1.82, 2.24) is 9.55 Å². The highest BCUT2D eigenvalue weighted by Gasteiger charge is 2.12. The fourth-order valence-corrected chi connectivity index (χ4v) is 2.65. The molecule has 1 aromatic heterocycles. The summed E-state index contributed by atoms with van der Waals surface area (Å²) < 4.78 is 2.03. The Morgan fingerprint density at radius 1 is 1.00 bits per heavy atom. The fraction of sp³-hybridized carbons (Fsp3) is 0.188. The third-order valence-electron chi connectivity index (χ3n) is 3.37. The lowest BCUT2D eigenvalue weighted by molar-refractivity contribution is 1.09. The highest BCUT2D eigenvalue weighted by Crippen LogP contribution is 2.26. The number of nitrogen functional groups attached to an aromatic ring is 1. The smallest absolute Gasteiger partial charge is 0.205 e. The molecule has 0 aliphatic rings. The summed E-state index contributed by atoms with van der Waals surface area (Å²) in [5.74, 6) is 0.536. The second kappa shape index (κ2) is 4.12. The van der Waals surface area contributed by atoms with Gasteiger partial charge in [0.1, 0.15) is 0 Å². The molecule has 3 nitrogen and oxygen atoms in total. The number of aryl methyl sites for hydroxylation is 3. The third kappa shape index (κ3) is 1.87. The lowest BCUT2D eigenvalue weighted by atomic mass is 10.1. The second-order valence-electron chi connectivity index (χ2n) is 5.09. The summed E-state index contributed by atoms with van der Waals surface area (Å²) >= 11 is 0. The van der Waals surface area contributed by atoms with Crippen LogP contribution in [0.15, 0.2) is 36.4 Å². The average Bonchev–Trinajstić information content (AvgIpc) is 2.65. The van der Waals surface area contributed by atoms with E-state index >= 15 is 0 Å². The van der Waals surface area contributed by atoms with Crippen LogP contribution in [0.1, 0.15) is 16.7 Å². The van der Waals surface area contributed by atoms with Crippen molar-refractivity contribution in [3.63, 3.8) is 0 Å². The Kier molecular flexibility index (Phi) is 2.56. The van der Waals surface area contributed by atoms with Crippen molar-refractivity contribution in [2.24, 2.45) is 0 Å². The number of fused-ring (bicyclic) bond motifs is 1. The van der Waals surface area contributed by atoms with Crippen molar-refractivity contribution in [2.75, 3.05) is 5.73 Å². The molecule has 0 saturated carbocycles. The first-order valence-electron chi connectivity index (χ1n) is 6.38. The highest BCUT2D eigenvalue weighted by molar-refractivity contribution is 5.83. The van der Waals surface area contributed by atoms with Crippen molar-refractivity contribution < 1.29 is 0 Å². The molecule has 2 N–H and O–H groups in total. The number of rotatable bonds is 1. The van der Waals surface area contributed by atoms with E-state index in [1.807, 2.05) is 16.7 Å². The first-order valence-corrected chi connectivity index (χ1v) is 6.38. The fourth-order valence-electron chi connectivity index (χ4n) is 2.65. The minimum Gasteiger partial charge on any atom is -0.369 e. The van der Waals surface area contributed by atoms with E-state index in [9.17, 15) is 0 Å². The quantitative estimate of drug-likeness (QED) is 0.719. The van der Waals surface area contributed by atoms with Gasteiger partial charge < -0.3 is 5.73 Å². The molecule has 3 aromatic rings. The van der Waals surface area contributed by atoms with Gasteiger partial charge in [-0.15, -0.1) is 0 Å². The van der Waals surface area contributed by atoms with Crippen molar-refractivity contribution in [3.05, 3.63) is 53.1 Å². The molecule has 0 unspecified atom stereocenters. The molecule has 2 aromatic carbocycles. The van der Waals surface area contributed by atoms with Gasteiger partial charge in [0.2, 0.25) is 5.95 Å². The van der Waals surface area contributed by atoms with Gasteiger partial charge in [0.25, 0.3) is 0 Å². The summed E-state index contributed by atoms with van der Waals surface area (Å²) in [4.78, 5) is 4.45. The molecule has 0 fully saturated rings. The summed E-state index contributed by atoms with van der Waals surface area (Å²) in [6.45, 7) is 6.28. The van der Waals surface area contributed by atoms with E-state index in [0.717, 1.165) is 16.7 Å². The Morgan fingerprint density at radius 2 is 1.68 bits per heavy atom. The first kappa shape index (κ1) is 11.8. The second-order valence-corrected chi connectivity index (χ2v) is 5.09. The van der Waals surface area contributed by atoms with Crippen molar-refractivity contribution in [3.8, 4) is 5.69 Å². The molecule has 0 saturated heterocycles. The van der Waals surface area contributed by atoms with Gasteiger partial charge in [0, 0.05) is 5.69 Å². The molecule has 0 radical (unpaired) electrons. The maximum absolute atomic E-state index is 6.11. The van der Waals surface area contributed by atoms with Crippen LogP contribution in [0.4, 0.5) is 5.95 Å². The summed E-state index contributed by atoms with van der Waals surface area (Å²) in [6.07, 6.45) is 0. The van der Waals surface area contributed by atoms with Gasteiger partial charge in [-0.25, -0.2) is 4.98 Å². The summed E-state index contributed by atoms with van der Waals surface area (Å²) in [7, 11) is 0. The molecule has 19 heavy (non-hydrogen) atoms. The summed E-state index contributed by atoms with van der Waals surface area (Å²) in [6, 6.07) is 12.5. The Morgan fingerprint density at radius 3 is 2.37 bits per heavy atom. The van der Waals surface area contributed by atoms with Gasteiger partial charge in [-0.05, 0) is 55.7 Å². The van der Waals surface area contributed by atoms with Crippen LogP contribution >= 0.6 is 0 Å². The van der Waals surface area contributed by atoms with Crippen LogP contribution in [0, 0.1) is 20.8 Å². The van der Waals surface area contributed by atoms with Crippen LogP contribution in [0.3, 0.4) is 0 Å². The molecule has 0 bridgehead atoms. The SMILES string of the molecule is Cc1cc(C)cc(-n2c(N)nc3cccc(C)c32)c1. The Balaban J connectivity index is 2.38. The molecule has 0 spiro atoms. The van der Waals surface area contributed by atoms with Crippen LogP contribution in [0.2, 0.25) is 0 Å². The lowest BCUT2D eigenvalue weighted by Crippen LogP contribution is -2.02. The number of hydrogen-bond acceptors (Lipinski definition) is 2. The van der Waals surface area contributed by atoms with E-state index in [-0.39, 0.29) is 0 Å². The van der Waals surface area contributed by atoms with E-state index in [4.69, 9.17) is 5.73 Å². The number of nitrogens with two attached hydrogens (primary N) is 1. The Bertz CT molecular complexity index is 749. The number of aromatic nitrogens is 2. The molecular weight excluding hydrogens is 234 g/mol. The van der Waals surface area contributed by atoms with E-state index in [2.05, 4.69) is 50.0 Å². The zero-order valence-corrected chi connectivity index (χ0v) is 11.4. The van der Waals surface area contributed by atoms with Crippen LogP contribution in [-0.2, 0) is 0 Å². The van der Waals surface area contributed by atoms with Gasteiger partial charge in [-0.2, -0.15) is 0 Å². The minimum absolute atomic E-state index is 0.536. The standard InChI is InChI=1S/C16H17N3/c1-10-7-11(2)9-13(8-10)19-15-12(3)5-4-6-14(15)18-16(19)17/h4-9H,1-3H3,(H2,17,18). The third-order valence-corrected chi connectivity index (χ3v) is 3.37. The van der Waals surface area contributed by atoms with Gasteiger partial charge in [-0.3, -0.25) is 4.57 Å². The Hall–Kier alpha value is -2.29. The van der Waals surface area contributed by atoms with Gasteiger partial charge >= 0.3 is 0 Å². The van der Waals surface area contributed by atoms with Crippen LogP contribution in [0.5, 0.6) is 0 Å². The average molecular weight is 251 g/mol. The predicted octanol–water partition coefficient (Wildman–Crippen LogP) is 3.53. The normalized spacial score (nSPS) is 11.1. The van der Waals surface area contributed by atoms with Crippen molar-refractivity contribution >= 4 is 17.0 Å². The predicted molar refractivity (Wildman–Crippen MR) is 79.7 cm³/mol. The highest BCUT2D eigenvalue weighted by atomic mass is 15.2. The van der Waals surface area contributed by atoms with Gasteiger partial charge in [0.05, 0.1) is 11.0 Å². The Labute approximate surface area is 112 Å². The number of hydrogen-bond donors (Lipinski definition) is 1. The molecule has 0 aliphatic heterocycles. The minimum atomic E-state index is 0.536. The van der Waals surface area contributed by atoms with Crippen molar-refractivity contribution in [2.45, 2.75) is 20.8 Å². The van der Waals surface area contributed by atoms with Crippen LogP contribution in [0.25, 0.3) is 16.7 Å². The van der Waals surface area contributed by atoms with Crippen LogP contribution in [-0.4, -0.2) is 9.55 Å². The summed E-state index contributed by atoms with van der Waals surface area (Å²) in [5, 5.41) is 0. The number of benzene rings is 2. The van der Waals surface area contributed by atoms with E-state index < -0.39 is 0 Å². The maximum atomic E-state index is 6.11. The largest absolute Gasteiger partial charge is 0.369 e. The molecule has 0 atom stereocenters. The molecule has 1 heterocycles. The number of imidazole rings is 1. The summed E-state index contributed by atoms with van der Waals surface area (Å²) in [5.41, 5.74) is 12.8. The monoisotopic (exact) mass is 251 g/mol. The van der Waals surface area contributed by atoms with Gasteiger partial charge in [0.15, 0.2) is 0 Å². The zero-order valence-electron chi connectivity index (χ0n) is 11.4. The first-order chi connectivity index (χ1) is 9.06. The van der Waals surface area contributed by atoms with Crippen molar-refractivity contribution in [1.29, 1.82) is 0 Å². The van der Waals surface area contributed by atoms with E-state index in [0.29, 0.717) is 5.95 Å². The van der Waals surface area contributed by atoms with E-state index in [1.165, 1.54) is 16.7 Å². The molecular formula is C16H17N3. The maximum Gasteiger partial charge on any atom is 0.205 e. The van der Waals surface area contributed by atoms with E-state index in [1.54, 1.807) is 0 Å². The number of anilines is 1. The number of para-hydroxylation sites is 1. The molecule has 0 aliphatic carbocycles. The molecule has 3 heteroatoms. The molecule has 96 valence electrons. The lowest BCUT2D eigenvalue weighted by Gasteiger charge is -2.10.